The van der Waals surface area contributed by atoms with Crippen LogP contribution in [0.25, 0.3) is 39.4 Å². The Bertz CT molecular complexity index is 1920. The van der Waals surface area contributed by atoms with Crippen molar-refractivity contribution in [2.75, 3.05) is 13.2 Å². The number of benzene rings is 3. The van der Waals surface area contributed by atoms with Crippen LogP contribution in [0.2, 0.25) is 0 Å². The zero-order valence-electron chi connectivity index (χ0n) is 23.1. The van der Waals surface area contributed by atoms with E-state index in [9.17, 15) is 4.79 Å². The van der Waals surface area contributed by atoms with Crippen LogP contribution in [-0.2, 0) is 0 Å². The minimum Gasteiger partial charge on any atom is -0.494 e. The van der Waals surface area contributed by atoms with E-state index in [4.69, 9.17) is 14.6 Å². The van der Waals surface area contributed by atoms with Crippen molar-refractivity contribution in [3.05, 3.63) is 118 Å². The monoisotopic (exact) mass is 575 g/mol. The van der Waals surface area contributed by atoms with E-state index < -0.39 is 0 Å². The van der Waals surface area contributed by atoms with Crippen molar-refractivity contribution >= 4 is 22.4 Å². The van der Waals surface area contributed by atoms with Crippen LogP contribution >= 0.6 is 11.3 Å². The molecule has 3 aromatic heterocycles. The number of unbranched alkanes of at least 4 members (excludes halogenated alkanes) is 1. The second kappa shape index (κ2) is 12.2. The Labute approximate surface area is 246 Å². The van der Waals surface area contributed by atoms with E-state index in [0.717, 1.165) is 52.4 Å². The third kappa shape index (κ3) is 5.73. The van der Waals surface area contributed by atoms with Crippen LogP contribution in [0.4, 0.5) is 0 Å². The number of nitrogens with zero attached hydrogens (tertiary/aromatic N) is 5. The van der Waals surface area contributed by atoms with Gasteiger partial charge in [0.25, 0.3) is 5.56 Å². The Hall–Kier alpha value is -5.02. The van der Waals surface area contributed by atoms with Gasteiger partial charge in [-0.05, 0) is 73.2 Å². The molecule has 0 fully saturated rings. The molecule has 0 saturated heterocycles. The number of hydrogen-bond acceptors (Lipinski definition) is 7. The van der Waals surface area contributed by atoms with Crippen molar-refractivity contribution in [3.8, 4) is 39.8 Å². The zero-order valence-corrected chi connectivity index (χ0v) is 24.0. The summed E-state index contributed by atoms with van der Waals surface area (Å²) in [5, 5.41) is 9.40. The smallest absolute Gasteiger partial charge is 0.291 e. The first-order chi connectivity index (χ1) is 20.6. The van der Waals surface area contributed by atoms with E-state index >= 15 is 0 Å². The molecule has 210 valence electrons. The largest absolute Gasteiger partial charge is 0.494 e. The molecule has 0 bridgehead atoms. The quantitative estimate of drug-likeness (QED) is 0.140. The van der Waals surface area contributed by atoms with E-state index in [1.165, 1.54) is 15.9 Å². The molecule has 0 aliphatic heterocycles. The van der Waals surface area contributed by atoms with Crippen molar-refractivity contribution in [2.45, 2.75) is 19.8 Å². The van der Waals surface area contributed by atoms with Gasteiger partial charge in [0.15, 0.2) is 5.82 Å². The normalized spacial score (nSPS) is 11.7. The lowest BCUT2D eigenvalue weighted by atomic mass is 10.1. The number of ether oxygens (including phenoxy) is 2. The van der Waals surface area contributed by atoms with Gasteiger partial charge in [0, 0.05) is 22.9 Å². The van der Waals surface area contributed by atoms with E-state index in [1.807, 2.05) is 95.8 Å². The van der Waals surface area contributed by atoms with Crippen LogP contribution in [0.15, 0.2) is 103 Å². The average Bonchev–Trinajstić information content (AvgIpc) is 3.72. The first-order valence-electron chi connectivity index (χ1n) is 13.8. The predicted molar refractivity (Wildman–Crippen MR) is 166 cm³/mol. The van der Waals surface area contributed by atoms with Crippen molar-refractivity contribution in [1.82, 2.24) is 24.4 Å². The van der Waals surface area contributed by atoms with E-state index in [0.29, 0.717) is 28.5 Å². The van der Waals surface area contributed by atoms with Crippen LogP contribution in [-0.4, -0.2) is 37.6 Å². The van der Waals surface area contributed by atoms with E-state index in [2.05, 4.69) is 23.6 Å². The summed E-state index contributed by atoms with van der Waals surface area (Å²) in [5.74, 6) is 2.04. The number of thiazole rings is 1. The average molecular weight is 576 g/mol. The second-order valence-corrected chi connectivity index (χ2v) is 10.6. The van der Waals surface area contributed by atoms with Crippen molar-refractivity contribution in [3.63, 3.8) is 0 Å². The minimum absolute atomic E-state index is 0.224. The topological polar surface area (TPSA) is 83.5 Å². The summed E-state index contributed by atoms with van der Waals surface area (Å²) in [4.78, 5) is 18.6. The zero-order chi connectivity index (χ0) is 28.9. The van der Waals surface area contributed by atoms with Gasteiger partial charge in [-0.25, -0.2) is 4.68 Å². The third-order valence-electron chi connectivity index (χ3n) is 6.61. The van der Waals surface area contributed by atoms with Gasteiger partial charge in [0.05, 0.1) is 16.8 Å². The molecule has 0 amide bonds. The molecular weight excluding hydrogens is 546 g/mol. The molecule has 6 aromatic rings. The maximum atomic E-state index is 13.4. The molecule has 0 spiro atoms. The molecule has 6 rings (SSSR count). The summed E-state index contributed by atoms with van der Waals surface area (Å²) in [7, 11) is 0. The molecule has 0 aliphatic carbocycles. The molecular formula is C33H29N5O3S. The first-order valence-corrected chi connectivity index (χ1v) is 14.6. The highest BCUT2D eigenvalue weighted by molar-refractivity contribution is 7.15. The highest BCUT2D eigenvalue weighted by Gasteiger charge is 2.15. The molecule has 0 aliphatic rings. The summed E-state index contributed by atoms with van der Waals surface area (Å²) >= 11 is 1.30. The Morgan fingerprint density at radius 2 is 1.62 bits per heavy atom. The fraction of sp³-hybridized carbons (Fsp3) is 0.152. The van der Waals surface area contributed by atoms with Crippen molar-refractivity contribution in [1.29, 1.82) is 0 Å². The molecule has 0 unspecified atom stereocenters. The molecule has 42 heavy (non-hydrogen) atoms. The third-order valence-corrected chi connectivity index (χ3v) is 7.57. The van der Waals surface area contributed by atoms with Crippen LogP contribution in [0.5, 0.6) is 11.5 Å². The summed E-state index contributed by atoms with van der Waals surface area (Å²) in [5.41, 5.74) is 4.00. The SMILES string of the molecule is C=CCOc1ccc(-c2nc3s/c(=C/c4cn(-c5ccccc5)nc4-c4ccc(OCCCC)cc4)c(=O)n3n2)cc1. The fourth-order valence-electron chi connectivity index (χ4n) is 4.43. The lowest BCUT2D eigenvalue weighted by Crippen LogP contribution is -2.23. The first kappa shape index (κ1) is 27.2. The summed E-state index contributed by atoms with van der Waals surface area (Å²) in [6.45, 7) is 6.92. The molecule has 3 heterocycles. The van der Waals surface area contributed by atoms with Gasteiger partial charge >= 0.3 is 0 Å². The molecule has 0 radical (unpaired) electrons. The van der Waals surface area contributed by atoms with Crippen LogP contribution in [0, 0.1) is 0 Å². The Morgan fingerprint density at radius 3 is 2.31 bits per heavy atom. The maximum absolute atomic E-state index is 13.4. The molecule has 0 saturated carbocycles. The van der Waals surface area contributed by atoms with Crippen molar-refractivity contribution < 1.29 is 9.47 Å². The molecule has 0 N–H and O–H groups in total. The maximum Gasteiger partial charge on any atom is 0.291 e. The summed E-state index contributed by atoms with van der Waals surface area (Å²) in [6, 6.07) is 25.2. The van der Waals surface area contributed by atoms with Crippen LogP contribution < -0.4 is 19.6 Å². The lowest BCUT2D eigenvalue weighted by molar-refractivity contribution is 0.309. The van der Waals surface area contributed by atoms with Gasteiger partial charge in [-0.2, -0.15) is 14.6 Å². The lowest BCUT2D eigenvalue weighted by Gasteiger charge is -2.06. The van der Waals surface area contributed by atoms with Gasteiger partial charge in [-0.15, -0.1) is 5.10 Å². The number of hydrogen-bond donors (Lipinski definition) is 0. The molecule has 8 nitrogen and oxygen atoms in total. The Morgan fingerprint density at radius 1 is 0.905 bits per heavy atom. The summed E-state index contributed by atoms with van der Waals surface area (Å²) < 4.78 is 15.1. The van der Waals surface area contributed by atoms with Crippen molar-refractivity contribution in [2.24, 2.45) is 0 Å². The summed E-state index contributed by atoms with van der Waals surface area (Å²) in [6.07, 6.45) is 7.59. The van der Waals surface area contributed by atoms with Crippen LogP contribution in [0.3, 0.4) is 0 Å². The van der Waals surface area contributed by atoms with Gasteiger partial charge in [-0.3, -0.25) is 4.79 Å². The number of rotatable bonds is 11. The standard InChI is InChI=1S/C33H29N5O3S/c1-3-5-20-41-28-15-11-23(12-16-28)30-25(22-37(35-30)26-9-7-6-8-10-26)21-29-32(39)38-33(42-29)34-31(36-38)24-13-17-27(18-14-24)40-19-4-2/h4,6-18,21-22H,2-3,5,19-20H2,1H3/b29-21+. The Balaban J connectivity index is 1.36. The number of fused-ring (bicyclic) bond motifs is 1. The fourth-order valence-corrected chi connectivity index (χ4v) is 5.32. The number of aromatic nitrogens is 5. The van der Waals surface area contributed by atoms with Gasteiger partial charge in [-0.1, -0.05) is 55.5 Å². The van der Waals surface area contributed by atoms with E-state index in [1.54, 1.807) is 6.08 Å². The molecule has 3 aromatic carbocycles. The molecule has 9 heteroatoms. The number of para-hydroxylation sites is 1. The minimum atomic E-state index is -0.224. The van der Waals surface area contributed by atoms with Crippen LogP contribution in [0.1, 0.15) is 25.3 Å². The van der Waals surface area contributed by atoms with E-state index in [-0.39, 0.29) is 5.56 Å². The van der Waals surface area contributed by atoms with Gasteiger partial charge in [0.1, 0.15) is 23.8 Å². The Kier molecular flexibility index (Phi) is 7.91. The highest BCUT2D eigenvalue weighted by atomic mass is 32.1. The highest BCUT2D eigenvalue weighted by Crippen LogP contribution is 2.27. The van der Waals surface area contributed by atoms with Gasteiger partial charge < -0.3 is 9.47 Å². The predicted octanol–water partition coefficient (Wildman–Crippen LogP) is 5.96. The molecule has 0 atom stereocenters. The van der Waals surface area contributed by atoms with Gasteiger partial charge in [0.2, 0.25) is 4.96 Å². The second-order valence-electron chi connectivity index (χ2n) is 9.61.